The fourth-order valence-corrected chi connectivity index (χ4v) is 4.67. The highest BCUT2D eigenvalue weighted by molar-refractivity contribution is 5.95. The van der Waals surface area contributed by atoms with E-state index in [1.165, 1.54) is 5.56 Å². The van der Waals surface area contributed by atoms with Crippen LogP contribution in [0.5, 0.6) is 11.5 Å². The van der Waals surface area contributed by atoms with Crippen molar-refractivity contribution in [1.82, 2.24) is 14.5 Å². The van der Waals surface area contributed by atoms with Crippen LogP contribution in [0.4, 0.5) is 0 Å². The number of fused-ring (bicyclic) bond motifs is 1. The van der Waals surface area contributed by atoms with E-state index in [1.807, 2.05) is 70.3 Å². The van der Waals surface area contributed by atoms with E-state index in [2.05, 4.69) is 17.1 Å². The first-order valence-corrected chi connectivity index (χ1v) is 11.3. The lowest BCUT2D eigenvalue weighted by molar-refractivity contribution is 0.0694. The summed E-state index contributed by atoms with van der Waals surface area (Å²) in [6, 6.07) is 21.9. The first-order valence-electron chi connectivity index (χ1n) is 11.3. The maximum atomic E-state index is 13.8. The Bertz CT molecular complexity index is 1270. The number of benzene rings is 3. The zero-order valence-electron chi connectivity index (χ0n) is 19.3. The Kier molecular flexibility index (Phi) is 6.04. The van der Waals surface area contributed by atoms with Crippen LogP contribution in [0, 0.1) is 0 Å². The number of carbonyl (C=O) groups excluding carboxylic acids is 1. The molecule has 6 heteroatoms. The molecule has 4 aromatic rings. The topological polar surface area (TPSA) is 56.6 Å². The van der Waals surface area contributed by atoms with E-state index in [0.717, 1.165) is 29.7 Å². The fraction of sp³-hybridized carbons (Fsp3) is 0.214. The molecule has 0 radical (unpaired) electrons. The van der Waals surface area contributed by atoms with E-state index in [1.54, 1.807) is 26.7 Å². The molecule has 3 aromatic carbocycles. The average molecular weight is 454 g/mol. The Morgan fingerprint density at radius 3 is 2.41 bits per heavy atom. The minimum absolute atomic E-state index is 0.0171. The van der Waals surface area contributed by atoms with Gasteiger partial charge in [0, 0.05) is 31.0 Å². The van der Waals surface area contributed by atoms with Crippen molar-refractivity contribution in [3.8, 4) is 11.5 Å². The standard InChI is InChI=1S/C28H27N3O3/c1-33-25-16-23-12-14-31(27(21-6-4-3-5-7-21)24(23)17-26(25)34-2)28(32)22-10-8-20(9-11-22)18-30-15-13-29-19-30/h3-11,13,15-17,19,27H,12,14,18H2,1-2H3. The van der Waals surface area contributed by atoms with E-state index in [0.29, 0.717) is 23.6 Å². The molecule has 1 aliphatic heterocycles. The summed E-state index contributed by atoms with van der Waals surface area (Å²) in [5.74, 6) is 1.39. The summed E-state index contributed by atoms with van der Waals surface area (Å²) in [4.78, 5) is 19.8. The largest absolute Gasteiger partial charge is 0.493 e. The van der Waals surface area contributed by atoms with Crippen molar-refractivity contribution in [3.63, 3.8) is 0 Å². The van der Waals surface area contributed by atoms with Gasteiger partial charge in [-0.3, -0.25) is 4.79 Å². The molecular weight excluding hydrogens is 426 g/mol. The Morgan fingerprint density at radius 1 is 1.00 bits per heavy atom. The van der Waals surface area contributed by atoms with Crippen LogP contribution in [-0.4, -0.2) is 41.1 Å². The summed E-state index contributed by atoms with van der Waals surface area (Å²) in [5.41, 5.74) is 5.11. The summed E-state index contributed by atoms with van der Waals surface area (Å²) >= 11 is 0. The van der Waals surface area contributed by atoms with Gasteiger partial charge in [0.1, 0.15) is 0 Å². The molecule has 0 fully saturated rings. The molecule has 1 atom stereocenters. The predicted octanol–water partition coefficient (Wildman–Crippen LogP) is 4.74. The van der Waals surface area contributed by atoms with Crippen LogP contribution < -0.4 is 9.47 Å². The van der Waals surface area contributed by atoms with Gasteiger partial charge in [-0.2, -0.15) is 0 Å². The lowest BCUT2D eigenvalue weighted by atomic mass is 9.87. The number of methoxy groups -OCH3 is 2. The SMILES string of the molecule is COc1cc2c(cc1OC)C(c1ccccc1)N(C(=O)c1ccc(Cn3ccnc3)cc1)CC2. The van der Waals surface area contributed by atoms with Gasteiger partial charge in [-0.1, -0.05) is 42.5 Å². The van der Waals surface area contributed by atoms with Crippen LogP contribution >= 0.6 is 0 Å². The van der Waals surface area contributed by atoms with Gasteiger partial charge in [0.15, 0.2) is 11.5 Å². The summed E-state index contributed by atoms with van der Waals surface area (Å²) < 4.78 is 13.1. The molecule has 6 nitrogen and oxygen atoms in total. The second kappa shape index (κ2) is 9.43. The maximum Gasteiger partial charge on any atom is 0.254 e. The molecule has 172 valence electrons. The summed E-state index contributed by atoms with van der Waals surface area (Å²) in [7, 11) is 3.28. The number of imidazole rings is 1. The quantitative estimate of drug-likeness (QED) is 0.423. The van der Waals surface area contributed by atoms with Crippen molar-refractivity contribution >= 4 is 5.91 Å². The lowest BCUT2D eigenvalue weighted by Crippen LogP contribution is -2.40. The van der Waals surface area contributed by atoms with Crippen LogP contribution in [0.25, 0.3) is 0 Å². The van der Waals surface area contributed by atoms with Gasteiger partial charge in [0.25, 0.3) is 5.91 Å². The first kappa shape index (κ1) is 21.8. The average Bonchev–Trinajstić information content (AvgIpc) is 3.40. The normalized spacial score (nSPS) is 15.0. The van der Waals surface area contributed by atoms with Gasteiger partial charge < -0.3 is 18.9 Å². The molecular formula is C28H27N3O3. The van der Waals surface area contributed by atoms with Crippen LogP contribution in [0.1, 0.15) is 38.7 Å². The molecule has 0 bridgehead atoms. The molecule has 5 rings (SSSR count). The van der Waals surface area contributed by atoms with Gasteiger partial charge in [-0.05, 0) is 52.9 Å². The number of rotatable bonds is 6. The molecule has 1 aromatic heterocycles. The molecule has 1 aliphatic rings. The predicted molar refractivity (Wildman–Crippen MR) is 130 cm³/mol. The van der Waals surface area contributed by atoms with Crippen molar-refractivity contribution in [1.29, 1.82) is 0 Å². The van der Waals surface area contributed by atoms with Crippen molar-refractivity contribution < 1.29 is 14.3 Å². The van der Waals surface area contributed by atoms with E-state index in [4.69, 9.17) is 9.47 Å². The molecule has 2 heterocycles. The van der Waals surface area contributed by atoms with Crippen molar-refractivity contribution in [3.05, 3.63) is 113 Å². The summed E-state index contributed by atoms with van der Waals surface area (Å²) in [6.45, 7) is 1.34. The highest BCUT2D eigenvalue weighted by Crippen LogP contribution is 2.41. The first-order chi connectivity index (χ1) is 16.7. The number of nitrogens with zero attached hydrogens (tertiary/aromatic N) is 3. The van der Waals surface area contributed by atoms with E-state index < -0.39 is 0 Å². The minimum Gasteiger partial charge on any atom is -0.493 e. The number of ether oxygens (including phenoxy) is 2. The molecule has 0 saturated heterocycles. The highest BCUT2D eigenvalue weighted by atomic mass is 16.5. The number of aromatic nitrogens is 2. The van der Waals surface area contributed by atoms with Gasteiger partial charge in [0.2, 0.25) is 0 Å². The number of carbonyl (C=O) groups is 1. The molecule has 34 heavy (non-hydrogen) atoms. The Morgan fingerprint density at radius 2 is 1.74 bits per heavy atom. The molecule has 0 saturated carbocycles. The van der Waals surface area contributed by atoms with Crippen molar-refractivity contribution in [2.75, 3.05) is 20.8 Å². The lowest BCUT2D eigenvalue weighted by Gasteiger charge is -2.38. The van der Waals surface area contributed by atoms with Gasteiger partial charge in [0.05, 0.1) is 26.6 Å². The highest BCUT2D eigenvalue weighted by Gasteiger charge is 2.33. The van der Waals surface area contributed by atoms with E-state index in [-0.39, 0.29) is 11.9 Å². The zero-order chi connectivity index (χ0) is 23.5. The van der Waals surface area contributed by atoms with Crippen molar-refractivity contribution in [2.24, 2.45) is 0 Å². The fourth-order valence-electron chi connectivity index (χ4n) is 4.67. The molecule has 0 spiro atoms. The number of hydrogen-bond acceptors (Lipinski definition) is 4. The molecule has 0 N–H and O–H groups in total. The van der Waals surface area contributed by atoms with Crippen molar-refractivity contribution in [2.45, 2.75) is 19.0 Å². The zero-order valence-corrected chi connectivity index (χ0v) is 19.3. The molecule has 1 unspecified atom stereocenters. The second-order valence-electron chi connectivity index (χ2n) is 8.40. The van der Waals surface area contributed by atoms with Crippen LogP contribution in [-0.2, 0) is 13.0 Å². The van der Waals surface area contributed by atoms with Gasteiger partial charge in [-0.25, -0.2) is 4.98 Å². The monoisotopic (exact) mass is 453 g/mol. The van der Waals surface area contributed by atoms with Crippen LogP contribution in [0.15, 0.2) is 85.5 Å². The van der Waals surface area contributed by atoms with Crippen LogP contribution in [0.2, 0.25) is 0 Å². The minimum atomic E-state index is -0.206. The summed E-state index contributed by atoms with van der Waals surface area (Å²) in [5, 5.41) is 0. The second-order valence-corrected chi connectivity index (χ2v) is 8.40. The van der Waals surface area contributed by atoms with Gasteiger partial charge >= 0.3 is 0 Å². The van der Waals surface area contributed by atoms with Gasteiger partial charge in [-0.15, -0.1) is 0 Å². The molecule has 0 aliphatic carbocycles. The maximum absolute atomic E-state index is 13.8. The summed E-state index contributed by atoms with van der Waals surface area (Å²) in [6.07, 6.45) is 6.24. The Balaban J connectivity index is 1.50. The number of amides is 1. The van der Waals surface area contributed by atoms with E-state index in [9.17, 15) is 4.79 Å². The Hall–Kier alpha value is -4.06. The van der Waals surface area contributed by atoms with E-state index >= 15 is 0 Å². The third kappa shape index (κ3) is 4.15. The smallest absolute Gasteiger partial charge is 0.254 e. The number of hydrogen-bond donors (Lipinski definition) is 0. The third-order valence-corrected chi connectivity index (χ3v) is 6.38. The third-order valence-electron chi connectivity index (χ3n) is 6.38. The molecule has 1 amide bonds. The Labute approximate surface area is 199 Å². The van der Waals surface area contributed by atoms with Crippen LogP contribution in [0.3, 0.4) is 0 Å².